The Morgan fingerprint density at radius 3 is 3.30 bits per heavy atom. The minimum atomic E-state index is -0.223. The van der Waals surface area contributed by atoms with Crippen LogP contribution in [-0.4, -0.2) is 23.3 Å². The third kappa shape index (κ3) is 0.891. The topological polar surface area (TPSA) is 60.2 Å². The van der Waals surface area contributed by atoms with Gasteiger partial charge in [0, 0.05) is 6.54 Å². The maximum Gasteiger partial charge on any atom is 0.306 e. The van der Waals surface area contributed by atoms with Gasteiger partial charge in [-0.3, -0.25) is 5.32 Å². The number of hydrogen-bond acceptors (Lipinski definition) is 5. The molecule has 1 saturated heterocycles. The molecule has 0 saturated carbocycles. The Balaban J connectivity index is 2.12. The molecule has 0 amide bonds. The van der Waals surface area contributed by atoms with Crippen molar-refractivity contribution in [3.8, 4) is 0 Å². The van der Waals surface area contributed by atoms with Crippen LogP contribution in [0.3, 0.4) is 0 Å². The second-order valence-corrected chi connectivity index (χ2v) is 1.94. The summed E-state index contributed by atoms with van der Waals surface area (Å²) in [6.07, 6.45) is 2.03. The van der Waals surface area contributed by atoms with Gasteiger partial charge in [0.15, 0.2) is 6.23 Å². The van der Waals surface area contributed by atoms with Gasteiger partial charge in [-0.1, -0.05) is 0 Å². The summed E-state index contributed by atoms with van der Waals surface area (Å²) in [4.78, 5) is 0. The van der Waals surface area contributed by atoms with E-state index in [1.54, 1.807) is 0 Å². The maximum absolute atomic E-state index is 5.17. The molecule has 1 aliphatic heterocycles. The van der Waals surface area contributed by atoms with Crippen LogP contribution in [0.5, 0.6) is 0 Å². The molecule has 1 fully saturated rings. The van der Waals surface area contributed by atoms with Crippen LogP contribution in [0.1, 0.15) is 12.1 Å². The second-order valence-electron chi connectivity index (χ2n) is 1.94. The lowest BCUT2D eigenvalue weighted by Gasteiger charge is -2.01. The van der Waals surface area contributed by atoms with Crippen molar-refractivity contribution in [2.75, 3.05) is 13.2 Å². The fourth-order valence-corrected chi connectivity index (χ4v) is 0.848. The first-order valence-electron chi connectivity index (χ1n) is 3.01. The first kappa shape index (κ1) is 5.82. The lowest BCUT2D eigenvalue weighted by atomic mass is 10.6. The minimum Gasteiger partial charge on any atom is -0.413 e. The van der Waals surface area contributed by atoms with E-state index in [1.807, 2.05) is 0 Å². The zero-order valence-corrected chi connectivity index (χ0v) is 5.20. The molecule has 5 nitrogen and oxygen atoms in total. The zero-order valence-electron chi connectivity index (χ0n) is 5.20. The van der Waals surface area contributed by atoms with E-state index in [4.69, 9.17) is 9.15 Å². The average Bonchev–Trinajstić information content (AvgIpc) is 2.59. The molecule has 5 heteroatoms. The Kier molecular flexibility index (Phi) is 1.37. The summed E-state index contributed by atoms with van der Waals surface area (Å²) in [5, 5.41) is 10.1. The standard InChI is InChI=1S/C5H6N3O2/c1-2-9-4(6-1)5-8-7-3-10-5/h4,6H,1-2H2. The molecule has 0 spiro atoms. The van der Waals surface area contributed by atoms with E-state index in [1.165, 1.54) is 0 Å². The molecular weight excluding hydrogens is 134 g/mol. The molecule has 1 aromatic rings. The summed E-state index contributed by atoms with van der Waals surface area (Å²) in [7, 11) is 0. The predicted octanol–water partition coefficient (Wildman–Crippen LogP) is -0.512. The Morgan fingerprint density at radius 1 is 1.70 bits per heavy atom. The summed E-state index contributed by atoms with van der Waals surface area (Å²) in [6.45, 7) is 1.51. The van der Waals surface area contributed by atoms with Crippen LogP contribution < -0.4 is 5.32 Å². The van der Waals surface area contributed by atoms with E-state index in [-0.39, 0.29) is 6.23 Å². The molecule has 2 heterocycles. The molecule has 53 valence electrons. The first-order chi connectivity index (χ1) is 4.97. The van der Waals surface area contributed by atoms with Crippen molar-refractivity contribution >= 4 is 0 Å². The normalized spacial score (nSPS) is 25.4. The summed E-state index contributed by atoms with van der Waals surface area (Å²) in [5.41, 5.74) is 0. The van der Waals surface area contributed by atoms with Crippen molar-refractivity contribution in [1.29, 1.82) is 0 Å². The highest BCUT2D eigenvalue weighted by Gasteiger charge is 2.20. The summed E-state index contributed by atoms with van der Waals surface area (Å²) >= 11 is 0. The number of nitrogens with zero attached hydrogens (tertiary/aromatic N) is 2. The third-order valence-corrected chi connectivity index (χ3v) is 1.28. The van der Waals surface area contributed by atoms with Crippen LogP contribution in [-0.2, 0) is 4.74 Å². The van der Waals surface area contributed by atoms with Gasteiger partial charge in [-0.2, -0.15) is 0 Å². The van der Waals surface area contributed by atoms with Crippen LogP contribution in [0.2, 0.25) is 0 Å². The van der Waals surface area contributed by atoms with Crippen molar-refractivity contribution in [2.45, 2.75) is 6.23 Å². The molecule has 1 aliphatic rings. The van der Waals surface area contributed by atoms with Gasteiger partial charge in [0.1, 0.15) is 0 Å². The molecule has 2 rings (SSSR count). The molecule has 1 unspecified atom stereocenters. The van der Waals surface area contributed by atoms with E-state index in [0.717, 1.165) is 6.54 Å². The Bertz CT molecular complexity index is 193. The quantitative estimate of drug-likeness (QED) is 0.569. The van der Waals surface area contributed by atoms with E-state index >= 15 is 0 Å². The molecule has 0 aromatic carbocycles. The van der Waals surface area contributed by atoms with Gasteiger partial charge in [-0.15, -0.1) is 10.2 Å². The lowest BCUT2D eigenvalue weighted by molar-refractivity contribution is 0.0784. The van der Waals surface area contributed by atoms with Crippen molar-refractivity contribution in [2.24, 2.45) is 0 Å². The second kappa shape index (κ2) is 2.36. The highest BCUT2D eigenvalue weighted by molar-refractivity contribution is 4.81. The van der Waals surface area contributed by atoms with Gasteiger partial charge in [0.25, 0.3) is 5.89 Å². The Hall–Kier alpha value is -0.940. The highest BCUT2D eigenvalue weighted by atomic mass is 16.5. The summed E-state index contributed by atoms with van der Waals surface area (Å²) < 4.78 is 9.95. The van der Waals surface area contributed by atoms with E-state index < -0.39 is 0 Å². The molecular formula is C5H6N3O2. The lowest BCUT2D eigenvalue weighted by Crippen LogP contribution is -2.14. The number of aromatic nitrogens is 2. The monoisotopic (exact) mass is 140 g/mol. The predicted molar refractivity (Wildman–Crippen MR) is 29.8 cm³/mol. The van der Waals surface area contributed by atoms with Gasteiger partial charge in [0.05, 0.1) is 6.61 Å². The molecule has 0 bridgehead atoms. The van der Waals surface area contributed by atoms with Crippen LogP contribution in [0, 0.1) is 6.39 Å². The smallest absolute Gasteiger partial charge is 0.306 e. The summed E-state index contributed by atoms with van der Waals surface area (Å²) in [6, 6.07) is 0. The van der Waals surface area contributed by atoms with Crippen molar-refractivity contribution in [3.63, 3.8) is 0 Å². The summed E-state index contributed by atoms with van der Waals surface area (Å²) in [5.74, 6) is 0.442. The molecule has 1 aromatic heterocycles. The van der Waals surface area contributed by atoms with Gasteiger partial charge in [0.2, 0.25) is 0 Å². The van der Waals surface area contributed by atoms with Gasteiger partial charge in [-0.05, 0) is 0 Å². The largest absolute Gasteiger partial charge is 0.413 e. The van der Waals surface area contributed by atoms with Crippen molar-refractivity contribution in [1.82, 2.24) is 15.5 Å². The fraction of sp³-hybridized carbons (Fsp3) is 0.600. The third-order valence-electron chi connectivity index (χ3n) is 1.28. The fourth-order valence-electron chi connectivity index (χ4n) is 0.848. The Morgan fingerprint density at radius 2 is 2.70 bits per heavy atom. The van der Waals surface area contributed by atoms with E-state index in [9.17, 15) is 0 Å². The van der Waals surface area contributed by atoms with Gasteiger partial charge in [-0.25, -0.2) is 0 Å². The number of hydrogen-bond donors (Lipinski definition) is 1. The minimum absolute atomic E-state index is 0.223. The van der Waals surface area contributed by atoms with Crippen LogP contribution >= 0.6 is 0 Å². The van der Waals surface area contributed by atoms with Crippen molar-refractivity contribution < 1.29 is 9.15 Å². The molecule has 1 N–H and O–H groups in total. The van der Waals surface area contributed by atoms with E-state index in [0.29, 0.717) is 12.5 Å². The van der Waals surface area contributed by atoms with Crippen LogP contribution in [0.4, 0.5) is 0 Å². The van der Waals surface area contributed by atoms with Crippen LogP contribution in [0.25, 0.3) is 0 Å². The molecule has 0 aliphatic carbocycles. The number of nitrogens with one attached hydrogen (secondary N) is 1. The van der Waals surface area contributed by atoms with Crippen molar-refractivity contribution in [3.05, 3.63) is 12.3 Å². The molecule has 10 heavy (non-hydrogen) atoms. The highest BCUT2D eigenvalue weighted by Crippen LogP contribution is 2.13. The zero-order chi connectivity index (χ0) is 6.81. The average molecular weight is 140 g/mol. The number of rotatable bonds is 1. The number of ether oxygens (including phenoxy) is 1. The Labute approximate surface area is 57.4 Å². The van der Waals surface area contributed by atoms with Gasteiger partial charge >= 0.3 is 6.39 Å². The maximum atomic E-state index is 5.17. The van der Waals surface area contributed by atoms with Gasteiger partial charge < -0.3 is 9.15 Å². The SMILES string of the molecule is [c]1nnc(C2NCCO2)o1. The van der Waals surface area contributed by atoms with Crippen LogP contribution in [0.15, 0.2) is 4.42 Å². The molecule has 1 radical (unpaired) electrons. The first-order valence-corrected chi connectivity index (χ1v) is 3.01. The molecule has 1 atom stereocenters. The van der Waals surface area contributed by atoms with E-state index in [2.05, 4.69) is 21.9 Å².